The van der Waals surface area contributed by atoms with Gasteiger partial charge in [0.15, 0.2) is 0 Å². The van der Waals surface area contributed by atoms with Crippen molar-refractivity contribution in [3.63, 3.8) is 0 Å². The van der Waals surface area contributed by atoms with Crippen LogP contribution in [-0.4, -0.2) is 26.0 Å². The van der Waals surface area contributed by atoms with Crippen LogP contribution in [0.25, 0.3) is 0 Å². The molecule has 1 rings (SSSR count). The molecule has 0 aliphatic carbocycles. The van der Waals surface area contributed by atoms with E-state index in [1.165, 1.54) is 0 Å². The number of hydrogen-bond donors (Lipinski definition) is 1. The van der Waals surface area contributed by atoms with E-state index in [4.69, 9.17) is 5.11 Å². The molecule has 4 heteroatoms. The molecule has 0 atom stereocenters. The topological polar surface area (TPSA) is 47.5 Å². The van der Waals surface area contributed by atoms with Crippen molar-refractivity contribution in [3.8, 4) is 0 Å². The number of nitrogens with one attached hydrogen (secondary N) is 1. The SMILES string of the molecule is C1=NCCN1.CC[O-].[Na+]. The Kier molecular flexibility index (Phi) is 15.2. The quantitative estimate of drug-likeness (QED) is 0.347. The van der Waals surface area contributed by atoms with Gasteiger partial charge in [0.2, 0.25) is 0 Å². The smallest absolute Gasteiger partial charge is 0.855 e. The first-order valence-corrected chi connectivity index (χ1v) is 2.71. The van der Waals surface area contributed by atoms with Crippen molar-refractivity contribution in [2.45, 2.75) is 6.92 Å². The molecule has 0 radical (unpaired) electrons. The Hall–Kier alpha value is 0.430. The first kappa shape index (κ1) is 12.1. The zero-order valence-electron chi connectivity index (χ0n) is 6.05. The fraction of sp³-hybridized carbons (Fsp3) is 0.800. The molecule has 0 bridgehead atoms. The predicted octanol–water partition coefficient (Wildman–Crippen LogP) is -4.01. The number of nitrogens with zero attached hydrogens (tertiary/aromatic N) is 1. The molecule has 0 aromatic rings. The van der Waals surface area contributed by atoms with Gasteiger partial charge >= 0.3 is 29.6 Å². The van der Waals surface area contributed by atoms with Crippen molar-refractivity contribution in [3.05, 3.63) is 0 Å². The average molecular weight is 138 g/mol. The van der Waals surface area contributed by atoms with Gasteiger partial charge < -0.3 is 10.4 Å². The van der Waals surface area contributed by atoms with Crippen LogP contribution in [0.3, 0.4) is 0 Å². The van der Waals surface area contributed by atoms with Gasteiger partial charge in [-0.1, -0.05) is 6.92 Å². The largest absolute Gasteiger partial charge is 1.00 e. The molecular formula is C5H11N2NaO. The average Bonchev–Trinajstić information content (AvgIpc) is 2.17. The monoisotopic (exact) mass is 138 g/mol. The number of rotatable bonds is 0. The fourth-order valence-electron chi connectivity index (χ4n) is 0.323. The third-order valence-electron chi connectivity index (χ3n) is 0.568. The van der Waals surface area contributed by atoms with Crippen molar-refractivity contribution < 1.29 is 34.7 Å². The molecular weight excluding hydrogens is 127 g/mol. The van der Waals surface area contributed by atoms with Gasteiger partial charge in [0.05, 0.1) is 12.9 Å². The molecule has 3 nitrogen and oxygen atoms in total. The third kappa shape index (κ3) is 11.8. The van der Waals surface area contributed by atoms with Gasteiger partial charge in [-0.05, 0) is 0 Å². The zero-order valence-corrected chi connectivity index (χ0v) is 8.05. The Balaban J connectivity index is 0. The molecule has 9 heavy (non-hydrogen) atoms. The van der Waals surface area contributed by atoms with Crippen LogP contribution in [-0.2, 0) is 0 Å². The molecule has 0 fully saturated rings. The maximum absolute atomic E-state index is 8.93. The van der Waals surface area contributed by atoms with E-state index in [9.17, 15) is 0 Å². The summed E-state index contributed by atoms with van der Waals surface area (Å²) in [7, 11) is 0. The van der Waals surface area contributed by atoms with Gasteiger partial charge in [-0.3, -0.25) is 4.99 Å². The first-order chi connectivity index (χ1) is 3.91. The van der Waals surface area contributed by atoms with E-state index in [1.54, 1.807) is 13.3 Å². The normalized spacial score (nSPS) is 12.7. The van der Waals surface area contributed by atoms with E-state index in [0.717, 1.165) is 13.1 Å². The summed E-state index contributed by atoms with van der Waals surface area (Å²) >= 11 is 0. The van der Waals surface area contributed by atoms with Gasteiger partial charge in [-0.2, -0.15) is 0 Å². The van der Waals surface area contributed by atoms with Crippen LogP contribution < -0.4 is 40.0 Å². The summed E-state index contributed by atoms with van der Waals surface area (Å²) in [6, 6.07) is 0. The fourth-order valence-corrected chi connectivity index (χ4v) is 0.323. The summed E-state index contributed by atoms with van der Waals surface area (Å²) < 4.78 is 0. The van der Waals surface area contributed by atoms with Crippen molar-refractivity contribution in [2.75, 3.05) is 19.7 Å². The Bertz CT molecular complexity index is 62.0. The number of aliphatic imine (C=N–C) groups is 1. The second-order valence-corrected chi connectivity index (χ2v) is 1.28. The van der Waals surface area contributed by atoms with E-state index < -0.39 is 0 Å². The first-order valence-electron chi connectivity index (χ1n) is 2.71. The van der Waals surface area contributed by atoms with Gasteiger partial charge in [-0.25, -0.2) is 0 Å². The Morgan fingerprint density at radius 3 is 2.44 bits per heavy atom. The molecule has 1 aliphatic rings. The van der Waals surface area contributed by atoms with Gasteiger partial charge in [0, 0.05) is 6.54 Å². The summed E-state index contributed by atoms with van der Waals surface area (Å²) in [6.07, 6.45) is 1.74. The molecule has 0 spiro atoms. The number of hydrogen-bond acceptors (Lipinski definition) is 3. The molecule has 48 valence electrons. The molecule has 0 amide bonds. The van der Waals surface area contributed by atoms with Crippen molar-refractivity contribution >= 4 is 6.34 Å². The minimum Gasteiger partial charge on any atom is -0.855 e. The maximum atomic E-state index is 8.93. The predicted molar refractivity (Wildman–Crippen MR) is 31.9 cm³/mol. The van der Waals surface area contributed by atoms with Crippen LogP contribution in [0.4, 0.5) is 0 Å². The molecule has 1 heterocycles. The van der Waals surface area contributed by atoms with Crippen LogP contribution in [0.1, 0.15) is 6.92 Å². The molecule has 0 saturated heterocycles. The summed E-state index contributed by atoms with van der Waals surface area (Å²) in [6.45, 7) is 3.56. The maximum Gasteiger partial charge on any atom is 1.00 e. The molecule has 0 unspecified atom stereocenters. The molecule has 1 aliphatic heterocycles. The Morgan fingerprint density at radius 1 is 1.78 bits per heavy atom. The second kappa shape index (κ2) is 11.3. The molecule has 0 aromatic heterocycles. The van der Waals surface area contributed by atoms with Crippen molar-refractivity contribution in [1.82, 2.24) is 5.32 Å². The van der Waals surface area contributed by atoms with E-state index >= 15 is 0 Å². The van der Waals surface area contributed by atoms with Gasteiger partial charge in [0.1, 0.15) is 0 Å². The van der Waals surface area contributed by atoms with Crippen molar-refractivity contribution in [2.24, 2.45) is 4.99 Å². The van der Waals surface area contributed by atoms with Gasteiger partial charge in [-0.15, -0.1) is 6.61 Å². The Morgan fingerprint density at radius 2 is 2.33 bits per heavy atom. The van der Waals surface area contributed by atoms with E-state index in [0.29, 0.717) is 0 Å². The molecule has 1 N–H and O–H groups in total. The Labute approximate surface area is 77.9 Å². The van der Waals surface area contributed by atoms with Crippen LogP contribution in [0.2, 0.25) is 0 Å². The summed E-state index contributed by atoms with van der Waals surface area (Å²) in [5.74, 6) is 0. The minimum absolute atomic E-state index is 0. The van der Waals surface area contributed by atoms with E-state index in [1.807, 2.05) is 0 Å². The molecule has 0 saturated carbocycles. The van der Waals surface area contributed by atoms with Crippen LogP contribution >= 0.6 is 0 Å². The third-order valence-corrected chi connectivity index (χ3v) is 0.568. The summed E-state index contributed by atoms with van der Waals surface area (Å²) in [5.41, 5.74) is 0. The zero-order chi connectivity index (χ0) is 6.24. The second-order valence-electron chi connectivity index (χ2n) is 1.28. The summed E-state index contributed by atoms with van der Waals surface area (Å²) in [5, 5.41) is 11.9. The van der Waals surface area contributed by atoms with Crippen molar-refractivity contribution in [1.29, 1.82) is 0 Å². The molecule has 0 aromatic carbocycles. The van der Waals surface area contributed by atoms with Crippen LogP contribution in [0.5, 0.6) is 0 Å². The van der Waals surface area contributed by atoms with Crippen LogP contribution in [0.15, 0.2) is 4.99 Å². The van der Waals surface area contributed by atoms with Gasteiger partial charge in [0.25, 0.3) is 0 Å². The van der Waals surface area contributed by atoms with E-state index in [-0.39, 0.29) is 36.2 Å². The summed E-state index contributed by atoms with van der Waals surface area (Å²) in [4.78, 5) is 3.85. The van der Waals surface area contributed by atoms with Crippen LogP contribution in [0, 0.1) is 0 Å². The minimum atomic E-state index is 0. The standard InChI is InChI=1S/C3H6N2.C2H5O.Na/c1-2-5-3-4-1;1-2-3;/h3H,1-2H2,(H,4,5);2H2,1H3;/q;-1;+1. The van der Waals surface area contributed by atoms with E-state index in [2.05, 4.69) is 10.3 Å².